The number of β-amino-alcohol motifs (C(OH)–C–C–N with tert-alkyl or cyclic N) is 1. The highest BCUT2D eigenvalue weighted by molar-refractivity contribution is 4.84. The molecule has 0 rings (SSSR count). The molecule has 0 saturated heterocycles. The molecular formula is C17H37NO2. The van der Waals surface area contributed by atoms with Crippen molar-refractivity contribution in [1.29, 1.82) is 0 Å². The fourth-order valence-electron chi connectivity index (χ4n) is 2.61. The quantitative estimate of drug-likeness (QED) is 0.428. The van der Waals surface area contributed by atoms with E-state index in [4.69, 9.17) is 5.11 Å². The van der Waals surface area contributed by atoms with E-state index >= 15 is 0 Å². The lowest BCUT2D eigenvalue weighted by molar-refractivity contribution is 0.0844. The summed E-state index contributed by atoms with van der Waals surface area (Å²) in [6, 6.07) is 0. The molecule has 0 aliphatic heterocycles. The Kier molecular flexibility index (Phi) is 12.5. The van der Waals surface area contributed by atoms with Crippen LogP contribution in [0.1, 0.15) is 85.0 Å². The van der Waals surface area contributed by atoms with Crippen molar-refractivity contribution in [1.82, 2.24) is 5.32 Å². The minimum Gasteiger partial charge on any atom is -0.394 e. The molecule has 1 unspecified atom stereocenters. The minimum atomic E-state index is -0.638. The van der Waals surface area contributed by atoms with Crippen molar-refractivity contribution in [3.05, 3.63) is 0 Å². The van der Waals surface area contributed by atoms with E-state index in [-0.39, 0.29) is 12.1 Å². The van der Waals surface area contributed by atoms with Gasteiger partial charge in [-0.3, -0.25) is 0 Å². The maximum Gasteiger partial charge on any atom is 0.0895 e. The largest absolute Gasteiger partial charge is 0.394 e. The van der Waals surface area contributed by atoms with E-state index in [9.17, 15) is 5.11 Å². The standard InChI is InChI=1S/C17H37NO2/c1-4-6-8-10-12-17(3,13-11-9-7-5-2)18-14-16(20)15-19/h16,18-20H,4-15H2,1-3H3. The maximum atomic E-state index is 9.53. The Morgan fingerprint density at radius 1 is 0.900 bits per heavy atom. The van der Waals surface area contributed by atoms with Gasteiger partial charge in [0.25, 0.3) is 0 Å². The molecular weight excluding hydrogens is 250 g/mol. The molecule has 122 valence electrons. The molecule has 0 heterocycles. The van der Waals surface area contributed by atoms with Crippen LogP contribution in [-0.4, -0.2) is 35.0 Å². The number of rotatable bonds is 14. The SMILES string of the molecule is CCCCCCC(C)(CCCCCC)NCC(O)CO. The van der Waals surface area contributed by atoms with Crippen molar-refractivity contribution >= 4 is 0 Å². The smallest absolute Gasteiger partial charge is 0.0895 e. The molecule has 0 amide bonds. The lowest BCUT2D eigenvalue weighted by atomic mass is 9.88. The number of aliphatic hydroxyl groups is 2. The van der Waals surface area contributed by atoms with Crippen LogP contribution in [0.25, 0.3) is 0 Å². The van der Waals surface area contributed by atoms with Gasteiger partial charge in [0.05, 0.1) is 12.7 Å². The molecule has 0 aromatic carbocycles. The number of hydrogen-bond donors (Lipinski definition) is 3. The molecule has 0 aliphatic carbocycles. The van der Waals surface area contributed by atoms with E-state index in [0.29, 0.717) is 6.54 Å². The Morgan fingerprint density at radius 3 is 1.80 bits per heavy atom. The van der Waals surface area contributed by atoms with Gasteiger partial charge >= 0.3 is 0 Å². The molecule has 0 aromatic rings. The number of aliphatic hydroxyl groups excluding tert-OH is 2. The Balaban J connectivity index is 4.11. The Morgan fingerprint density at radius 2 is 1.40 bits per heavy atom. The zero-order valence-corrected chi connectivity index (χ0v) is 14.0. The van der Waals surface area contributed by atoms with E-state index < -0.39 is 6.10 Å². The number of hydrogen-bond acceptors (Lipinski definition) is 3. The summed E-state index contributed by atoms with van der Waals surface area (Å²) in [6.45, 7) is 7.08. The highest BCUT2D eigenvalue weighted by Crippen LogP contribution is 2.22. The molecule has 3 nitrogen and oxygen atoms in total. The third-order valence-corrected chi connectivity index (χ3v) is 4.14. The molecule has 0 radical (unpaired) electrons. The fourth-order valence-corrected chi connectivity index (χ4v) is 2.61. The summed E-state index contributed by atoms with van der Waals surface area (Å²) in [5.74, 6) is 0. The summed E-state index contributed by atoms with van der Waals surface area (Å²) in [7, 11) is 0. The molecule has 0 spiro atoms. The monoisotopic (exact) mass is 287 g/mol. The van der Waals surface area contributed by atoms with Gasteiger partial charge in [0.1, 0.15) is 0 Å². The Hall–Kier alpha value is -0.120. The van der Waals surface area contributed by atoms with Crippen LogP contribution in [0.5, 0.6) is 0 Å². The van der Waals surface area contributed by atoms with Crippen LogP contribution in [0.15, 0.2) is 0 Å². The minimum absolute atomic E-state index is 0.109. The van der Waals surface area contributed by atoms with Crippen LogP contribution >= 0.6 is 0 Å². The van der Waals surface area contributed by atoms with Crippen LogP contribution in [-0.2, 0) is 0 Å². The lowest BCUT2D eigenvalue weighted by Crippen LogP contribution is -2.46. The number of unbranched alkanes of at least 4 members (excludes halogenated alkanes) is 6. The predicted molar refractivity (Wildman–Crippen MR) is 87.0 cm³/mol. The topological polar surface area (TPSA) is 52.5 Å². The van der Waals surface area contributed by atoms with E-state index in [2.05, 4.69) is 26.1 Å². The average Bonchev–Trinajstić information content (AvgIpc) is 2.46. The van der Waals surface area contributed by atoms with Crippen molar-refractivity contribution < 1.29 is 10.2 Å². The van der Waals surface area contributed by atoms with E-state index in [1.54, 1.807) is 0 Å². The van der Waals surface area contributed by atoms with Crippen LogP contribution in [0, 0.1) is 0 Å². The molecule has 3 N–H and O–H groups in total. The lowest BCUT2D eigenvalue weighted by Gasteiger charge is -2.32. The van der Waals surface area contributed by atoms with Crippen LogP contribution < -0.4 is 5.32 Å². The second-order valence-corrected chi connectivity index (χ2v) is 6.40. The fraction of sp³-hybridized carbons (Fsp3) is 1.00. The third kappa shape index (κ3) is 10.6. The predicted octanol–water partition coefficient (Wildman–Crippen LogP) is 3.63. The van der Waals surface area contributed by atoms with Gasteiger partial charge in [-0.05, 0) is 19.8 Å². The van der Waals surface area contributed by atoms with E-state index in [1.807, 2.05) is 0 Å². The normalized spacial score (nSPS) is 13.7. The first-order valence-corrected chi connectivity index (χ1v) is 8.62. The first kappa shape index (κ1) is 19.9. The van der Waals surface area contributed by atoms with E-state index in [1.165, 1.54) is 51.4 Å². The van der Waals surface area contributed by atoms with Gasteiger partial charge in [-0.15, -0.1) is 0 Å². The number of nitrogens with one attached hydrogen (secondary N) is 1. The molecule has 0 aliphatic rings. The average molecular weight is 287 g/mol. The Labute approximate surface area is 126 Å². The van der Waals surface area contributed by atoms with Crippen LogP contribution in [0.2, 0.25) is 0 Å². The molecule has 0 aromatic heterocycles. The first-order chi connectivity index (χ1) is 9.58. The second-order valence-electron chi connectivity index (χ2n) is 6.40. The first-order valence-electron chi connectivity index (χ1n) is 8.62. The maximum absolute atomic E-state index is 9.53. The van der Waals surface area contributed by atoms with Gasteiger partial charge in [0, 0.05) is 12.1 Å². The van der Waals surface area contributed by atoms with Gasteiger partial charge in [0.2, 0.25) is 0 Å². The summed E-state index contributed by atoms with van der Waals surface area (Å²) in [5.41, 5.74) is 0.109. The van der Waals surface area contributed by atoms with Gasteiger partial charge < -0.3 is 15.5 Å². The second kappa shape index (κ2) is 12.6. The highest BCUT2D eigenvalue weighted by atomic mass is 16.3. The molecule has 0 fully saturated rings. The van der Waals surface area contributed by atoms with Crippen molar-refractivity contribution in [3.8, 4) is 0 Å². The summed E-state index contributed by atoms with van der Waals surface area (Å²) in [4.78, 5) is 0. The highest BCUT2D eigenvalue weighted by Gasteiger charge is 2.23. The van der Waals surface area contributed by atoms with Crippen molar-refractivity contribution in [2.24, 2.45) is 0 Å². The molecule has 20 heavy (non-hydrogen) atoms. The van der Waals surface area contributed by atoms with Gasteiger partial charge in [-0.1, -0.05) is 65.2 Å². The summed E-state index contributed by atoms with van der Waals surface area (Å²) in [5, 5.41) is 22.0. The summed E-state index contributed by atoms with van der Waals surface area (Å²) >= 11 is 0. The molecule has 0 bridgehead atoms. The summed E-state index contributed by atoms with van der Waals surface area (Å²) < 4.78 is 0. The zero-order chi connectivity index (χ0) is 15.3. The molecule has 3 heteroatoms. The van der Waals surface area contributed by atoms with Crippen LogP contribution in [0.4, 0.5) is 0 Å². The van der Waals surface area contributed by atoms with Crippen molar-refractivity contribution in [2.45, 2.75) is 96.6 Å². The van der Waals surface area contributed by atoms with Crippen LogP contribution in [0.3, 0.4) is 0 Å². The van der Waals surface area contributed by atoms with E-state index in [0.717, 1.165) is 12.8 Å². The van der Waals surface area contributed by atoms with Gasteiger partial charge in [0.15, 0.2) is 0 Å². The molecule has 0 saturated carbocycles. The summed E-state index contributed by atoms with van der Waals surface area (Å²) in [6.07, 6.45) is 11.9. The van der Waals surface area contributed by atoms with Crippen molar-refractivity contribution in [3.63, 3.8) is 0 Å². The Bertz CT molecular complexity index is 197. The zero-order valence-electron chi connectivity index (χ0n) is 14.0. The molecule has 1 atom stereocenters. The van der Waals surface area contributed by atoms with Gasteiger partial charge in [-0.2, -0.15) is 0 Å². The third-order valence-electron chi connectivity index (χ3n) is 4.14. The van der Waals surface area contributed by atoms with Crippen molar-refractivity contribution in [2.75, 3.05) is 13.2 Å². The van der Waals surface area contributed by atoms with Gasteiger partial charge in [-0.25, -0.2) is 0 Å².